The molecule has 0 unspecified atom stereocenters. The standard InChI is InChI=1S/C43H46Cl6F6N4O18S2Si/c1-39(2,3)80(6,7)77-36-28-12-22(76-79(67,68)43(53,54)55)18-57(28)34(61)24-14-30(70-5)32(16-26(24)59(36)38(64)74-20-41(47,48)49)72-10-8-9-71-31-15-25-23(13-29(31)69-4)33(60)56-17-21(75-78(65,66)42(50,51)52)11-27(56)35(62)58(25)37(63)73-19-40(44,45)46/h13-18,27-28,35-36,62H,8-12,19-20H2,1-7H3/t27-,28+,35-,36-/m0/s1. The van der Waals surface area contributed by atoms with Crippen LogP contribution < -0.4 is 28.7 Å². The Labute approximate surface area is 483 Å². The smallest absolute Gasteiger partial charge is 0.493 e. The normalized spacial score (nSPS) is 20.1. The summed E-state index contributed by atoms with van der Waals surface area (Å²) in [5.41, 5.74) is -13.3. The number of rotatable bonds is 16. The molecule has 4 amide bonds. The van der Waals surface area contributed by atoms with Gasteiger partial charge in [-0.3, -0.25) is 9.59 Å². The number of amides is 4. The van der Waals surface area contributed by atoms with Crippen LogP contribution in [0.2, 0.25) is 18.1 Å². The van der Waals surface area contributed by atoms with E-state index in [-0.39, 0.29) is 53.9 Å². The van der Waals surface area contributed by atoms with Gasteiger partial charge in [-0.1, -0.05) is 90.4 Å². The molecule has 1 N–H and O–H groups in total. The summed E-state index contributed by atoms with van der Waals surface area (Å²) < 4.78 is 173. The molecule has 6 rings (SSSR count). The molecular formula is C43H46Cl6F6N4O18S2Si. The number of aliphatic hydroxyl groups excluding tert-OH is 1. The van der Waals surface area contributed by atoms with Crippen LogP contribution in [0.4, 0.5) is 47.3 Å². The maximum atomic E-state index is 14.6. The number of carbonyl (C=O) groups excluding carboxylic acids is 4. The zero-order valence-electron chi connectivity index (χ0n) is 42.3. The molecule has 22 nitrogen and oxygen atoms in total. The molecule has 2 aromatic rings. The number of fused-ring (bicyclic) bond motifs is 4. The van der Waals surface area contributed by atoms with E-state index in [1.54, 1.807) is 13.1 Å². The second-order valence-corrected chi connectivity index (χ2v) is 31.8. The number of anilines is 2. The first-order chi connectivity index (χ1) is 36.5. The summed E-state index contributed by atoms with van der Waals surface area (Å²) in [4.78, 5) is 59.6. The first-order valence-corrected chi connectivity index (χ1v) is 30.7. The van der Waals surface area contributed by atoms with E-state index in [4.69, 9.17) is 102 Å². The topological polar surface area (TPSA) is 253 Å². The molecule has 0 saturated carbocycles. The molecule has 0 aliphatic carbocycles. The third kappa shape index (κ3) is 14.1. The van der Waals surface area contributed by atoms with E-state index in [1.807, 2.05) is 20.8 Å². The van der Waals surface area contributed by atoms with Gasteiger partial charge in [0.25, 0.3) is 11.8 Å². The number of carbonyl (C=O) groups is 4. The molecule has 80 heavy (non-hydrogen) atoms. The van der Waals surface area contributed by atoms with Crippen molar-refractivity contribution in [1.82, 2.24) is 9.80 Å². The van der Waals surface area contributed by atoms with E-state index in [2.05, 4.69) is 8.37 Å². The molecule has 0 bridgehead atoms. The Morgan fingerprint density at radius 3 is 1.43 bits per heavy atom. The summed E-state index contributed by atoms with van der Waals surface area (Å²) >= 11 is 35.2. The average molecular weight is 1330 g/mol. The quantitative estimate of drug-likeness (QED) is 0.0410. The summed E-state index contributed by atoms with van der Waals surface area (Å²) in [7, 11) is -13.3. The highest BCUT2D eigenvalue weighted by Gasteiger charge is 2.55. The number of nitrogens with zero attached hydrogens (tertiary/aromatic N) is 4. The maximum absolute atomic E-state index is 14.6. The third-order valence-electron chi connectivity index (χ3n) is 12.4. The van der Waals surface area contributed by atoms with Crippen LogP contribution in [0.15, 0.2) is 48.2 Å². The second-order valence-electron chi connectivity index (χ2n) is 19.0. The van der Waals surface area contributed by atoms with Gasteiger partial charge in [0.05, 0.1) is 62.0 Å². The average Bonchev–Trinajstić information content (AvgIpc) is 4.00. The van der Waals surface area contributed by atoms with E-state index < -0.39 is 150 Å². The van der Waals surface area contributed by atoms with Gasteiger partial charge in [0.15, 0.2) is 43.8 Å². The Morgan fingerprint density at radius 2 is 1.04 bits per heavy atom. The monoisotopic (exact) mass is 1320 g/mol. The van der Waals surface area contributed by atoms with Gasteiger partial charge in [-0.2, -0.15) is 43.2 Å². The predicted molar refractivity (Wildman–Crippen MR) is 275 cm³/mol. The number of methoxy groups -OCH3 is 2. The van der Waals surface area contributed by atoms with Crippen molar-refractivity contribution < 1.29 is 109 Å². The van der Waals surface area contributed by atoms with Crippen molar-refractivity contribution >= 4 is 134 Å². The van der Waals surface area contributed by atoms with Gasteiger partial charge >= 0.3 is 43.4 Å². The van der Waals surface area contributed by atoms with E-state index in [1.165, 1.54) is 13.2 Å². The molecule has 0 spiro atoms. The third-order valence-corrected chi connectivity index (χ3v) is 19.5. The van der Waals surface area contributed by atoms with Crippen LogP contribution in [0.1, 0.15) is 60.7 Å². The van der Waals surface area contributed by atoms with Crippen LogP contribution in [-0.2, 0) is 42.5 Å². The Kier molecular flexibility index (Phi) is 18.9. The van der Waals surface area contributed by atoms with Crippen molar-refractivity contribution in [2.75, 3.05) is 50.4 Å². The molecule has 4 aliphatic rings. The van der Waals surface area contributed by atoms with Crippen molar-refractivity contribution in [3.63, 3.8) is 0 Å². The van der Waals surface area contributed by atoms with Gasteiger partial charge in [-0.25, -0.2) is 19.4 Å². The van der Waals surface area contributed by atoms with Crippen molar-refractivity contribution in [2.45, 2.75) is 101 Å². The molecule has 37 heteroatoms. The minimum atomic E-state index is -6.26. The first kappa shape index (κ1) is 64.7. The van der Waals surface area contributed by atoms with Crippen LogP contribution in [0.25, 0.3) is 0 Å². The van der Waals surface area contributed by atoms with Gasteiger partial charge in [0.1, 0.15) is 24.7 Å². The SMILES string of the molecule is COc1cc2c(cc1OCCCOc1cc3c(cc1OC)C(=O)N1C=C(OS(=O)(=O)C(F)(F)F)C[C@@H]1[C@H](O[Si](C)(C)C(C)(C)C)N3C(=O)OCC(Cl)(Cl)Cl)N(C(=O)OCC(Cl)(Cl)Cl)[C@@H](O)[C@@H]1CC(OS(=O)(=O)C(F)(F)F)=CN1C2=O. The van der Waals surface area contributed by atoms with E-state index >= 15 is 0 Å². The fourth-order valence-electron chi connectivity index (χ4n) is 7.76. The van der Waals surface area contributed by atoms with E-state index in [9.17, 15) is 67.5 Å². The highest BCUT2D eigenvalue weighted by molar-refractivity contribution is 7.88. The van der Waals surface area contributed by atoms with Crippen molar-refractivity contribution in [1.29, 1.82) is 0 Å². The molecule has 0 radical (unpaired) electrons. The maximum Gasteiger partial charge on any atom is 0.534 e. The van der Waals surface area contributed by atoms with Crippen LogP contribution in [-0.4, -0.2) is 148 Å². The lowest BCUT2D eigenvalue weighted by atomic mass is 10.1. The van der Waals surface area contributed by atoms with Gasteiger partial charge in [0.2, 0.25) is 7.59 Å². The van der Waals surface area contributed by atoms with E-state index in [0.717, 1.165) is 41.3 Å². The number of hydrogen-bond donors (Lipinski definition) is 1. The van der Waals surface area contributed by atoms with Crippen LogP contribution in [0, 0.1) is 0 Å². The van der Waals surface area contributed by atoms with Crippen molar-refractivity contribution in [3.8, 4) is 23.0 Å². The zero-order chi connectivity index (χ0) is 60.3. The number of hydrogen-bond acceptors (Lipinski definition) is 18. The van der Waals surface area contributed by atoms with Gasteiger partial charge < -0.3 is 56.1 Å². The van der Waals surface area contributed by atoms with Gasteiger partial charge in [-0.05, 0) is 30.3 Å². The summed E-state index contributed by atoms with van der Waals surface area (Å²) in [6, 6.07) is 1.19. The summed E-state index contributed by atoms with van der Waals surface area (Å²) in [6.45, 7) is 6.53. The molecule has 0 aromatic heterocycles. The fraction of sp³-hybridized carbons (Fsp3) is 0.535. The Hall–Kier alpha value is -4.44. The Morgan fingerprint density at radius 1 is 0.650 bits per heavy atom. The summed E-state index contributed by atoms with van der Waals surface area (Å²) in [5, 5.41) is 11.0. The molecule has 4 atom stereocenters. The molecule has 0 fully saturated rings. The summed E-state index contributed by atoms with van der Waals surface area (Å²) in [5.74, 6) is -4.63. The van der Waals surface area contributed by atoms with Crippen LogP contribution >= 0.6 is 69.6 Å². The zero-order valence-corrected chi connectivity index (χ0v) is 49.4. The van der Waals surface area contributed by atoms with Crippen LogP contribution in [0.5, 0.6) is 23.0 Å². The number of aliphatic hydroxyl groups is 1. The van der Waals surface area contributed by atoms with Crippen molar-refractivity contribution in [2.24, 2.45) is 0 Å². The summed E-state index contributed by atoms with van der Waals surface area (Å²) in [6.07, 6.45) is -7.06. The molecule has 4 heterocycles. The lowest BCUT2D eigenvalue weighted by Gasteiger charge is -2.44. The van der Waals surface area contributed by atoms with Gasteiger partial charge in [0, 0.05) is 43.8 Å². The Balaban J connectivity index is 1.34. The number of alkyl halides is 12. The van der Waals surface area contributed by atoms with Crippen molar-refractivity contribution in [3.05, 3.63) is 59.3 Å². The molecule has 446 valence electrons. The lowest BCUT2D eigenvalue weighted by Crippen LogP contribution is -2.58. The van der Waals surface area contributed by atoms with Gasteiger partial charge in [-0.15, -0.1) is 0 Å². The number of halogens is 12. The number of benzene rings is 2. The highest BCUT2D eigenvalue weighted by Crippen LogP contribution is 2.48. The minimum Gasteiger partial charge on any atom is -0.493 e. The number of ether oxygens (including phenoxy) is 6. The lowest BCUT2D eigenvalue weighted by molar-refractivity contribution is -0.0528. The molecular weight excluding hydrogens is 1280 g/mol. The minimum absolute atomic E-state index is 0.0589. The molecule has 4 aliphatic heterocycles. The van der Waals surface area contributed by atoms with E-state index in [0.29, 0.717) is 16.0 Å². The van der Waals surface area contributed by atoms with Crippen LogP contribution in [0.3, 0.4) is 0 Å². The second kappa shape index (κ2) is 23.3. The largest absolute Gasteiger partial charge is 0.534 e. The predicted octanol–water partition coefficient (Wildman–Crippen LogP) is 9.72. The highest BCUT2D eigenvalue weighted by atomic mass is 35.6. The Bertz CT molecular complexity index is 3070. The fourth-order valence-corrected chi connectivity index (χ4v) is 10.3. The molecule has 2 aromatic carbocycles. The molecule has 0 saturated heterocycles. The first-order valence-electron chi connectivity index (χ1n) is 22.7.